The third kappa shape index (κ3) is 2.01. The van der Waals surface area contributed by atoms with Crippen LogP contribution < -0.4 is 5.73 Å². The molecule has 0 radical (unpaired) electrons. The minimum atomic E-state index is -1.82. The summed E-state index contributed by atoms with van der Waals surface area (Å²) in [5.41, 5.74) is 4.01. The molecule has 0 unspecified atom stereocenters. The largest absolute Gasteiger partial charge is 0.467 e. The number of furan rings is 2. The van der Waals surface area contributed by atoms with Gasteiger partial charge in [-0.05, 0) is 24.3 Å². The lowest BCUT2D eigenvalue weighted by Gasteiger charge is -2.25. The second kappa shape index (κ2) is 5.68. The molecule has 0 fully saturated rings. The van der Waals surface area contributed by atoms with Crippen LogP contribution >= 0.6 is 0 Å². The van der Waals surface area contributed by atoms with Gasteiger partial charge >= 0.3 is 0 Å². The zero-order valence-corrected chi connectivity index (χ0v) is 12.2. The van der Waals surface area contributed by atoms with Crippen LogP contribution in [-0.4, -0.2) is 11.2 Å². The maximum atomic E-state index is 9.62. The third-order valence-electron chi connectivity index (χ3n) is 3.68. The molecular formula is C16H10N6O2. The Morgan fingerprint density at radius 1 is 1.17 bits per heavy atom. The minimum absolute atomic E-state index is 0.0789. The first-order valence-corrected chi connectivity index (χ1v) is 6.81. The van der Waals surface area contributed by atoms with Gasteiger partial charge in [-0.2, -0.15) is 20.9 Å². The van der Waals surface area contributed by atoms with Crippen LogP contribution in [0.3, 0.4) is 0 Å². The van der Waals surface area contributed by atoms with Crippen molar-refractivity contribution in [2.75, 3.05) is 0 Å². The summed E-state index contributed by atoms with van der Waals surface area (Å²) in [6, 6.07) is 11.2. The summed E-state index contributed by atoms with van der Waals surface area (Å²) < 4.78 is 10.5. The number of rotatable bonds is 3. The monoisotopic (exact) mass is 318 g/mol. The molecule has 24 heavy (non-hydrogen) atoms. The van der Waals surface area contributed by atoms with Crippen molar-refractivity contribution in [1.82, 2.24) is 5.01 Å². The maximum absolute atomic E-state index is 9.62. The summed E-state index contributed by atoms with van der Waals surface area (Å²) in [6.07, 6.45) is 4.26. The van der Waals surface area contributed by atoms with E-state index in [0.29, 0.717) is 11.5 Å². The van der Waals surface area contributed by atoms with Crippen molar-refractivity contribution >= 4 is 6.21 Å². The van der Waals surface area contributed by atoms with Crippen molar-refractivity contribution in [3.63, 3.8) is 0 Å². The molecule has 0 saturated carbocycles. The Bertz CT molecular complexity index is 905. The molecule has 0 bridgehead atoms. The molecule has 8 nitrogen and oxygen atoms in total. The van der Waals surface area contributed by atoms with Crippen LogP contribution in [0.4, 0.5) is 0 Å². The van der Waals surface area contributed by atoms with Crippen molar-refractivity contribution in [3.8, 4) is 18.2 Å². The van der Waals surface area contributed by atoms with E-state index in [0.717, 1.165) is 0 Å². The van der Waals surface area contributed by atoms with Crippen LogP contribution in [0.2, 0.25) is 0 Å². The number of nitrogens with zero attached hydrogens (tertiary/aromatic N) is 5. The summed E-state index contributed by atoms with van der Waals surface area (Å²) in [5.74, 6) is 0.665. The van der Waals surface area contributed by atoms with E-state index in [1.54, 1.807) is 24.3 Å². The molecule has 0 amide bonds. The number of hydrazone groups is 1. The van der Waals surface area contributed by atoms with E-state index in [4.69, 9.17) is 14.6 Å². The molecule has 0 spiro atoms. The van der Waals surface area contributed by atoms with Gasteiger partial charge in [-0.15, -0.1) is 0 Å². The highest BCUT2D eigenvalue weighted by Gasteiger charge is 2.57. The van der Waals surface area contributed by atoms with Crippen molar-refractivity contribution in [2.24, 2.45) is 16.3 Å². The highest BCUT2D eigenvalue weighted by atomic mass is 16.3. The molecule has 1 atom stereocenters. The quantitative estimate of drug-likeness (QED) is 0.853. The Morgan fingerprint density at radius 2 is 1.88 bits per heavy atom. The average Bonchev–Trinajstić information content (AvgIpc) is 3.33. The van der Waals surface area contributed by atoms with Gasteiger partial charge in [0.2, 0.25) is 5.41 Å². The van der Waals surface area contributed by atoms with Gasteiger partial charge in [0.05, 0.1) is 30.9 Å². The third-order valence-corrected chi connectivity index (χ3v) is 3.68. The Hall–Kier alpha value is -3.96. The van der Waals surface area contributed by atoms with Crippen LogP contribution in [0, 0.1) is 39.4 Å². The molecule has 0 aliphatic carbocycles. The molecule has 2 aromatic rings. The fourth-order valence-electron chi connectivity index (χ4n) is 2.57. The molecule has 2 aromatic heterocycles. The van der Waals surface area contributed by atoms with Crippen molar-refractivity contribution in [3.05, 3.63) is 59.7 Å². The second-order valence-corrected chi connectivity index (χ2v) is 4.93. The molecule has 2 N–H and O–H groups in total. The van der Waals surface area contributed by atoms with Crippen molar-refractivity contribution in [2.45, 2.75) is 6.04 Å². The Labute approximate surface area is 136 Å². The summed E-state index contributed by atoms with van der Waals surface area (Å²) in [5, 5.41) is 34.1. The van der Waals surface area contributed by atoms with Gasteiger partial charge in [-0.1, -0.05) is 0 Å². The van der Waals surface area contributed by atoms with Gasteiger partial charge in [0.1, 0.15) is 35.0 Å². The molecular weight excluding hydrogens is 308 g/mol. The Morgan fingerprint density at radius 3 is 2.42 bits per heavy atom. The van der Waals surface area contributed by atoms with Crippen LogP contribution in [0.5, 0.6) is 0 Å². The normalized spacial score (nSPS) is 19.2. The Kier molecular flexibility index (Phi) is 3.54. The van der Waals surface area contributed by atoms with E-state index < -0.39 is 11.5 Å². The molecule has 8 heteroatoms. The van der Waals surface area contributed by atoms with Crippen LogP contribution in [0.1, 0.15) is 17.6 Å². The van der Waals surface area contributed by atoms with E-state index in [-0.39, 0.29) is 11.4 Å². The standard InChI is InChI=1S/C16H10N6O2/c17-7-12-15(20)22(21-8-11-3-1-5-23-11)14(13-4-2-6-24-13)16(12,9-18)10-19/h1-6,8,14H,20H2/b21-8-/t14-/m1/s1. The lowest BCUT2D eigenvalue weighted by molar-refractivity contribution is 0.208. The van der Waals surface area contributed by atoms with Crippen molar-refractivity contribution < 1.29 is 8.83 Å². The van der Waals surface area contributed by atoms with E-state index in [2.05, 4.69) is 5.10 Å². The number of nitriles is 3. The lowest BCUT2D eigenvalue weighted by atomic mass is 9.78. The van der Waals surface area contributed by atoms with Gasteiger partial charge in [-0.25, -0.2) is 5.01 Å². The van der Waals surface area contributed by atoms with Gasteiger partial charge in [0, 0.05) is 0 Å². The summed E-state index contributed by atoms with van der Waals surface area (Å²) in [4.78, 5) is 0. The van der Waals surface area contributed by atoms with Gasteiger partial charge < -0.3 is 14.6 Å². The van der Waals surface area contributed by atoms with E-state index in [1.807, 2.05) is 18.2 Å². The highest BCUT2D eigenvalue weighted by Crippen LogP contribution is 2.51. The lowest BCUT2D eigenvalue weighted by Crippen LogP contribution is -2.31. The highest BCUT2D eigenvalue weighted by molar-refractivity contribution is 5.75. The summed E-state index contributed by atoms with van der Waals surface area (Å²) >= 11 is 0. The second-order valence-electron chi connectivity index (χ2n) is 4.93. The first-order valence-electron chi connectivity index (χ1n) is 6.81. The zero-order chi connectivity index (χ0) is 17.2. The molecule has 3 heterocycles. The topological polar surface area (TPSA) is 139 Å². The first-order chi connectivity index (χ1) is 11.7. The predicted molar refractivity (Wildman–Crippen MR) is 80.1 cm³/mol. The summed E-state index contributed by atoms with van der Waals surface area (Å²) in [7, 11) is 0. The van der Waals surface area contributed by atoms with Crippen molar-refractivity contribution in [1.29, 1.82) is 15.8 Å². The number of hydrogen-bond donors (Lipinski definition) is 1. The fraction of sp³-hybridized carbons (Fsp3) is 0.125. The maximum Gasteiger partial charge on any atom is 0.211 e. The fourth-order valence-corrected chi connectivity index (χ4v) is 2.57. The van der Waals surface area contributed by atoms with E-state index in [9.17, 15) is 15.8 Å². The molecule has 0 aromatic carbocycles. The molecule has 0 saturated heterocycles. The van der Waals surface area contributed by atoms with Crippen LogP contribution in [0.25, 0.3) is 0 Å². The molecule has 116 valence electrons. The smallest absolute Gasteiger partial charge is 0.211 e. The van der Waals surface area contributed by atoms with Gasteiger partial charge in [0.15, 0.2) is 0 Å². The predicted octanol–water partition coefficient (Wildman–Crippen LogP) is 1.99. The number of nitrogens with two attached hydrogens (primary N) is 1. The molecule has 1 aliphatic rings. The molecule has 3 rings (SSSR count). The summed E-state index contributed by atoms with van der Waals surface area (Å²) in [6.45, 7) is 0. The average molecular weight is 318 g/mol. The first kappa shape index (κ1) is 15.0. The van der Waals surface area contributed by atoms with Gasteiger partial charge in [0.25, 0.3) is 0 Å². The van der Waals surface area contributed by atoms with Crippen LogP contribution in [0.15, 0.2) is 62.1 Å². The Balaban J connectivity index is 2.15. The SMILES string of the molecule is N#CC1=C(N)N(/N=C\c2ccco2)[C@H](c2ccco2)C1(C#N)C#N. The minimum Gasteiger partial charge on any atom is -0.467 e. The van der Waals surface area contributed by atoms with Gasteiger partial charge in [-0.3, -0.25) is 0 Å². The van der Waals surface area contributed by atoms with E-state index in [1.165, 1.54) is 23.7 Å². The van der Waals surface area contributed by atoms with Crippen LogP contribution in [-0.2, 0) is 0 Å². The molecule has 1 aliphatic heterocycles. The number of hydrogen-bond acceptors (Lipinski definition) is 8. The van der Waals surface area contributed by atoms with E-state index >= 15 is 0 Å². The zero-order valence-electron chi connectivity index (χ0n) is 12.2.